The summed E-state index contributed by atoms with van der Waals surface area (Å²) < 4.78 is 11.0. The molecule has 0 bridgehead atoms. The smallest absolute Gasteiger partial charge is 0.231 e. The van der Waals surface area contributed by atoms with Crippen LogP contribution in [-0.4, -0.2) is 18.5 Å². The predicted molar refractivity (Wildman–Crippen MR) is 66.8 cm³/mol. The molecule has 3 heteroatoms. The second kappa shape index (κ2) is 4.22. The van der Waals surface area contributed by atoms with Gasteiger partial charge in [0.25, 0.3) is 0 Å². The maximum Gasteiger partial charge on any atom is 0.231 e. The highest BCUT2D eigenvalue weighted by molar-refractivity contribution is 5.55. The third-order valence-electron chi connectivity index (χ3n) is 3.28. The average molecular weight is 236 g/mol. The van der Waals surface area contributed by atoms with Gasteiger partial charge in [-0.3, -0.25) is 0 Å². The molecule has 0 fully saturated rings. The van der Waals surface area contributed by atoms with Gasteiger partial charge in [-0.25, -0.2) is 0 Å². The Kier molecular flexibility index (Phi) is 3.04. The van der Waals surface area contributed by atoms with Crippen LogP contribution in [0.4, 0.5) is 0 Å². The summed E-state index contributed by atoms with van der Waals surface area (Å²) in [6.45, 7) is 8.75. The Morgan fingerprint density at radius 1 is 1.29 bits per heavy atom. The second-order valence-electron chi connectivity index (χ2n) is 5.46. The third kappa shape index (κ3) is 2.00. The monoisotopic (exact) mass is 236 g/mol. The van der Waals surface area contributed by atoms with Crippen molar-refractivity contribution < 1.29 is 14.6 Å². The second-order valence-corrected chi connectivity index (χ2v) is 5.46. The number of aliphatic hydroxyl groups excluding tert-OH is 1. The average Bonchev–Trinajstić information content (AvgIpc) is 2.75. The van der Waals surface area contributed by atoms with E-state index in [1.54, 1.807) is 0 Å². The molecule has 0 aromatic heterocycles. The first-order valence-electron chi connectivity index (χ1n) is 6.01. The maximum absolute atomic E-state index is 9.53. The number of aliphatic hydroxyl groups is 1. The minimum atomic E-state index is -0.263. The summed E-state index contributed by atoms with van der Waals surface area (Å²) in [6.07, 6.45) is 0. The van der Waals surface area contributed by atoms with E-state index in [1.807, 2.05) is 26.0 Å². The molecule has 1 aliphatic heterocycles. The van der Waals surface area contributed by atoms with Crippen LogP contribution >= 0.6 is 0 Å². The highest BCUT2D eigenvalue weighted by atomic mass is 16.7. The number of ether oxygens (including phenoxy) is 2. The van der Waals surface area contributed by atoms with E-state index in [4.69, 9.17) is 9.47 Å². The van der Waals surface area contributed by atoms with Gasteiger partial charge in [0.2, 0.25) is 6.79 Å². The van der Waals surface area contributed by atoms with Crippen LogP contribution < -0.4 is 9.47 Å². The van der Waals surface area contributed by atoms with E-state index < -0.39 is 0 Å². The van der Waals surface area contributed by atoms with Crippen molar-refractivity contribution >= 4 is 0 Å². The lowest BCUT2D eigenvalue weighted by atomic mass is 9.79. The minimum absolute atomic E-state index is 0.117. The maximum atomic E-state index is 9.53. The summed E-state index contributed by atoms with van der Waals surface area (Å²) in [5.74, 6) is 2.00. The Morgan fingerprint density at radius 2 is 2.00 bits per heavy atom. The highest BCUT2D eigenvalue weighted by Gasteiger charge is 2.29. The molecular weight excluding hydrogens is 216 g/mol. The first-order chi connectivity index (χ1) is 7.97. The van der Waals surface area contributed by atoms with Crippen LogP contribution in [0, 0.1) is 0 Å². The van der Waals surface area contributed by atoms with E-state index in [0.29, 0.717) is 5.92 Å². The molecule has 1 N–H and O–H groups in total. The lowest BCUT2D eigenvalue weighted by Gasteiger charge is -2.27. The SMILES string of the molecule is CC(C)c1c(C(C)(C)CO)ccc2c1OCO2. The molecule has 0 spiro atoms. The molecule has 0 saturated carbocycles. The van der Waals surface area contributed by atoms with E-state index in [1.165, 1.54) is 0 Å². The van der Waals surface area contributed by atoms with Gasteiger partial charge in [-0.1, -0.05) is 33.8 Å². The van der Waals surface area contributed by atoms with E-state index in [0.717, 1.165) is 22.6 Å². The summed E-state index contributed by atoms with van der Waals surface area (Å²) in [4.78, 5) is 0. The molecule has 17 heavy (non-hydrogen) atoms. The van der Waals surface area contributed by atoms with Crippen molar-refractivity contribution in [3.63, 3.8) is 0 Å². The molecule has 0 atom stereocenters. The molecule has 0 unspecified atom stereocenters. The number of rotatable bonds is 3. The Balaban J connectivity index is 2.61. The van der Waals surface area contributed by atoms with Crippen LogP contribution in [0.25, 0.3) is 0 Å². The molecule has 0 saturated heterocycles. The van der Waals surface area contributed by atoms with Crippen molar-refractivity contribution in [2.24, 2.45) is 0 Å². The van der Waals surface area contributed by atoms with Crippen molar-refractivity contribution in [1.29, 1.82) is 0 Å². The van der Waals surface area contributed by atoms with E-state index in [2.05, 4.69) is 13.8 Å². The van der Waals surface area contributed by atoms with Crippen LogP contribution in [-0.2, 0) is 5.41 Å². The topological polar surface area (TPSA) is 38.7 Å². The highest BCUT2D eigenvalue weighted by Crippen LogP contribution is 2.44. The summed E-state index contributed by atoms with van der Waals surface area (Å²) in [5, 5.41) is 9.53. The van der Waals surface area contributed by atoms with Crippen molar-refractivity contribution in [2.75, 3.05) is 13.4 Å². The van der Waals surface area contributed by atoms with Crippen molar-refractivity contribution in [3.05, 3.63) is 23.3 Å². The molecule has 2 rings (SSSR count). The summed E-state index contributed by atoms with van der Waals surface area (Å²) in [5.41, 5.74) is 2.03. The molecule has 1 aromatic rings. The fourth-order valence-corrected chi connectivity index (χ4v) is 2.24. The van der Waals surface area contributed by atoms with Gasteiger partial charge < -0.3 is 14.6 Å². The van der Waals surface area contributed by atoms with E-state index >= 15 is 0 Å². The van der Waals surface area contributed by atoms with E-state index in [9.17, 15) is 5.11 Å². The van der Waals surface area contributed by atoms with Crippen LogP contribution in [0.1, 0.15) is 44.7 Å². The van der Waals surface area contributed by atoms with Gasteiger partial charge >= 0.3 is 0 Å². The van der Waals surface area contributed by atoms with Crippen LogP contribution in [0.3, 0.4) is 0 Å². The Labute approximate surface area is 102 Å². The molecule has 1 aromatic carbocycles. The third-order valence-corrected chi connectivity index (χ3v) is 3.28. The molecule has 94 valence electrons. The van der Waals surface area contributed by atoms with Gasteiger partial charge in [0.05, 0.1) is 6.61 Å². The summed E-state index contributed by atoms with van der Waals surface area (Å²) in [7, 11) is 0. The Morgan fingerprint density at radius 3 is 2.59 bits per heavy atom. The van der Waals surface area contributed by atoms with Gasteiger partial charge in [0.1, 0.15) is 0 Å². The Bertz CT molecular complexity index is 422. The molecule has 1 heterocycles. The minimum Gasteiger partial charge on any atom is -0.454 e. The van der Waals surface area contributed by atoms with Crippen LogP contribution in [0.15, 0.2) is 12.1 Å². The summed E-state index contributed by atoms with van der Waals surface area (Å²) in [6, 6.07) is 3.97. The first-order valence-corrected chi connectivity index (χ1v) is 6.01. The van der Waals surface area contributed by atoms with Crippen LogP contribution in [0.5, 0.6) is 11.5 Å². The number of benzene rings is 1. The molecular formula is C14H20O3. The largest absolute Gasteiger partial charge is 0.454 e. The van der Waals surface area contributed by atoms with Gasteiger partial charge in [-0.05, 0) is 17.5 Å². The zero-order chi connectivity index (χ0) is 12.6. The standard InChI is InChI=1S/C14H20O3/c1-9(2)12-10(14(3,4)7-15)5-6-11-13(12)17-8-16-11/h5-6,9,15H,7-8H2,1-4H3. The van der Waals surface area contributed by atoms with Gasteiger partial charge in [0, 0.05) is 11.0 Å². The zero-order valence-corrected chi connectivity index (χ0v) is 10.9. The lowest BCUT2D eigenvalue weighted by Crippen LogP contribution is -2.24. The number of hydrogen-bond acceptors (Lipinski definition) is 3. The van der Waals surface area contributed by atoms with Gasteiger partial charge in [0.15, 0.2) is 11.5 Å². The van der Waals surface area contributed by atoms with Gasteiger partial charge in [-0.2, -0.15) is 0 Å². The Hall–Kier alpha value is -1.22. The molecule has 0 amide bonds. The number of hydrogen-bond donors (Lipinski definition) is 1. The molecule has 0 radical (unpaired) electrons. The number of fused-ring (bicyclic) bond motifs is 1. The van der Waals surface area contributed by atoms with Crippen molar-refractivity contribution in [2.45, 2.75) is 39.0 Å². The molecule has 3 nitrogen and oxygen atoms in total. The predicted octanol–water partition coefficient (Wildman–Crippen LogP) is 2.81. The fourth-order valence-electron chi connectivity index (χ4n) is 2.24. The van der Waals surface area contributed by atoms with E-state index in [-0.39, 0.29) is 18.8 Å². The molecule has 0 aliphatic carbocycles. The molecule has 1 aliphatic rings. The lowest BCUT2D eigenvalue weighted by molar-refractivity contribution is 0.172. The summed E-state index contributed by atoms with van der Waals surface area (Å²) >= 11 is 0. The van der Waals surface area contributed by atoms with Gasteiger partial charge in [-0.15, -0.1) is 0 Å². The first kappa shape index (κ1) is 12.2. The zero-order valence-electron chi connectivity index (χ0n) is 10.9. The normalized spacial score (nSPS) is 14.5. The van der Waals surface area contributed by atoms with Crippen molar-refractivity contribution in [1.82, 2.24) is 0 Å². The van der Waals surface area contributed by atoms with Crippen molar-refractivity contribution in [3.8, 4) is 11.5 Å². The fraction of sp³-hybridized carbons (Fsp3) is 0.571. The quantitative estimate of drug-likeness (QED) is 0.877. The van der Waals surface area contributed by atoms with Crippen LogP contribution in [0.2, 0.25) is 0 Å².